The minimum atomic E-state index is 0.578. The molecule has 1 aliphatic carbocycles. The van der Waals surface area contributed by atoms with Crippen LogP contribution in [-0.2, 0) is 0 Å². The number of allylic oxidation sites excluding steroid dienone is 5. The standard InChI is InChI=1S/C14H13N/c1-3-7-11-10(4-2)14(15)13-9-6-5-8-12(11)13/h3-9,15H,2H2,1H3/b7-3-,15-14?. The van der Waals surface area contributed by atoms with Gasteiger partial charge in [-0.05, 0) is 18.1 Å². The molecule has 0 unspecified atom stereocenters. The Balaban J connectivity index is 2.70. The largest absolute Gasteiger partial charge is 0.300 e. The lowest BCUT2D eigenvalue weighted by molar-refractivity contribution is 1.49. The fourth-order valence-corrected chi connectivity index (χ4v) is 1.92. The van der Waals surface area contributed by atoms with E-state index < -0.39 is 0 Å². The summed E-state index contributed by atoms with van der Waals surface area (Å²) in [5.74, 6) is 0. The van der Waals surface area contributed by atoms with Crippen LogP contribution in [0.3, 0.4) is 0 Å². The summed E-state index contributed by atoms with van der Waals surface area (Å²) in [5, 5.41) is 8.03. The molecule has 1 nitrogen and oxygen atoms in total. The van der Waals surface area contributed by atoms with Crippen molar-refractivity contribution in [3.63, 3.8) is 0 Å². The number of hydrogen-bond acceptors (Lipinski definition) is 1. The minimum Gasteiger partial charge on any atom is -0.300 e. The van der Waals surface area contributed by atoms with Gasteiger partial charge >= 0.3 is 0 Å². The lowest BCUT2D eigenvalue weighted by Crippen LogP contribution is -1.95. The molecule has 0 radical (unpaired) electrons. The fourth-order valence-electron chi connectivity index (χ4n) is 1.92. The quantitative estimate of drug-likeness (QED) is 0.745. The maximum atomic E-state index is 8.03. The van der Waals surface area contributed by atoms with Crippen LogP contribution >= 0.6 is 0 Å². The molecule has 0 heterocycles. The van der Waals surface area contributed by atoms with Crippen LogP contribution in [0.1, 0.15) is 18.1 Å². The van der Waals surface area contributed by atoms with E-state index in [0.29, 0.717) is 5.71 Å². The van der Waals surface area contributed by atoms with E-state index in [9.17, 15) is 0 Å². The Morgan fingerprint density at radius 2 is 1.80 bits per heavy atom. The number of hydrogen-bond donors (Lipinski definition) is 1. The van der Waals surface area contributed by atoms with Crippen molar-refractivity contribution in [1.29, 1.82) is 5.41 Å². The molecule has 0 saturated heterocycles. The first-order valence-corrected chi connectivity index (χ1v) is 4.97. The Morgan fingerprint density at radius 1 is 1.13 bits per heavy atom. The van der Waals surface area contributed by atoms with Gasteiger partial charge in [0.15, 0.2) is 0 Å². The first-order chi connectivity index (χ1) is 7.29. The summed E-state index contributed by atoms with van der Waals surface area (Å²) < 4.78 is 0. The zero-order valence-corrected chi connectivity index (χ0v) is 8.75. The monoisotopic (exact) mass is 195 g/mol. The number of fused-ring (bicyclic) bond motifs is 1. The van der Waals surface area contributed by atoms with Crippen molar-refractivity contribution in [3.05, 3.63) is 65.8 Å². The average molecular weight is 195 g/mol. The molecule has 0 saturated carbocycles. The van der Waals surface area contributed by atoms with E-state index in [1.165, 1.54) is 0 Å². The second kappa shape index (κ2) is 3.70. The van der Waals surface area contributed by atoms with Gasteiger partial charge in [0, 0.05) is 11.1 Å². The van der Waals surface area contributed by atoms with E-state index in [-0.39, 0.29) is 0 Å². The summed E-state index contributed by atoms with van der Waals surface area (Å²) in [6, 6.07) is 8.00. The molecule has 0 aromatic heterocycles. The first kappa shape index (κ1) is 9.66. The maximum absolute atomic E-state index is 8.03. The molecule has 0 spiro atoms. The molecule has 0 atom stereocenters. The SMILES string of the molecule is C=CC1=C(/C=C\C)c2ccccc2C1=N. The predicted octanol–water partition coefficient (Wildman–Crippen LogP) is 3.58. The van der Waals surface area contributed by atoms with E-state index in [4.69, 9.17) is 5.41 Å². The van der Waals surface area contributed by atoms with Crippen molar-refractivity contribution in [2.45, 2.75) is 6.92 Å². The molecule has 1 heteroatoms. The van der Waals surface area contributed by atoms with Gasteiger partial charge in [-0.2, -0.15) is 0 Å². The number of benzene rings is 1. The lowest BCUT2D eigenvalue weighted by atomic mass is 10.1. The zero-order chi connectivity index (χ0) is 10.8. The fraction of sp³-hybridized carbons (Fsp3) is 0.0714. The van der Waals surface area contributed by atoms with Gasteiger partial charge in [-0.25, -0.2) is 0 Å². The van der Waals surface area contributed by atoms with Gasteiger partial charge < -0.3 is 0 Å². The summed E-state index contributed by atoms with van der Waals surface area (Å²) in [7, 11) is 0. The molecule has 0 amide bonds. The molecule has 1 N–H and O–H groups in total. The summed E-state index contributed by atoms with van der Waals surface area (Å²) in [6.07, 6.45) is 5.79. The van der Waals surface area contributed by atoms with Crippen LogP contribution in [0.4, 0.5) is 0 Å². The Kier molecular flexibility index (Phi) is 2.38. The van der Waals surface area contributed by atoms with E-state index in [1.54, 1.807) is 6.08 Å². The van der Waals surface area contributed by atoms with Gasteiger partial charge in [-0.15, -0.1) is 0 Å². The molecular formula is C14H13N. The van der Waals surface area contributed by atoms with Crippen LogP contribution in [0, 0.1) is 5.41 Å². The van der Waals surface area contributed by atoms with Gasteiger partial charge in [-0.1, -0.05) is 49.1 Å². The minimum absolute atomic E-state index is 0.578. The third-order valence-electron chi connectivity index (χ3n) is 2.58. The molecular weight excluding hydrogens is 182 g/mol. The topological polar surface area (TPSA) is 23.9 Å². The van der Waals surface area contributed by atoms with Crippen molar-refractivity contribution in [2.24, 2.45) is 0 Å². The van der Waals surface area contributed by atoms with Crippen LogP contribution < -0.4 is 0 Å². The van der Waals surface area contributed by atoms with Gasteiger partial charge in [-0.3, -0.25) is 5.41 Å². The van der Waals surface area contributed by atoms with Crippen molar-refractivity contribution >= 4 is 11.3 Å². The first-order valence-electron chi connectivity index (χ1n) is 4.97. The molecule has 0 aliphatic heterocycles. The third kappa shape index (κ3) is 1.37. The summed E-state index contributed by atoms with van der Waals surface area (Å²) in [6.45, 7) is 5.76. The van der Waals surface area contributed by atoms with Crippen molar-refractivity contribution in [1.82, 2.24) is 0 Å². The Labute approximate surface area is 90.0 Å². The van der Waals surface area contributed by atoms with E-state index in [2.05, 4.69) is 12.6 Å². The number of rotatable bonds is 2. The molecule has 0 fully saturated rings. The highest BCUT2D eigenvalue weighted by Gasteiger charge is 2.22. The van der Waals surface area contributed by atoms with Gasteiger partial charge in [0.1, 0.15) is 0 Å². The summed E-state index contributed by atoms with van der Waals surface area (Å²) in [4.78, 5) is 0. The maximum Gasteiger partial charge on any atom is 0.0696 e. The van der Waals surface area contributed by atoms with Crippen LogP contribution in [0.15, 0.2) is 54.6 Å². The van der Waals surface area contributed by atoms with Gasteiger partial charge in [0.05, 0.1) is 5.71 Å². The van der Waals surface area contributed by atoms with Crippen molar-refractivity contribution < 1.29 is 0 Å². The highest BCUT2D eigenvalue weighted by Crippen LogP contribution is 2.33. The summed E-state index contributed by atoms with van der Waals surface area (Å²) >= 11 is 0. The molecule has 15 heavy (non-hydrogen) atoms. The second-order valence-corrected chi connectivity index (χ2v) is 3.45. The third-order valence-corrected chi connectivity index (χ3v) is 2.58. The normalized spacial score (nSPS) is 14.9. The van der Waals surface area contributed by atoms with Gasteiger partial charge in [0.25, 0.3) is 0 Å². The van der Waals surface area contributed by atoms with Crippen LogP contribution in [0.2, 0.25) is 0 Å². The Bertz CT molecular complexity index is 490. The highest BCUT2D eigenvalue weighted by atomic mass is 14.5. The van der Waals surface area contributed by atoms with Crippen LogP contribution in [0.25, 0.3) is 5.57 Å². The molecule has 1 aromatic carbocycles. The summed E-state index contributed by atoms with van der Waals surface area (Å²) in [5.41, 5.74) is 4.74. The molecule has 74 valence electrons. The van der Waals surface area contributed by atoms with Crippen LogP contribution in [0.5, 0.6) is 0 Å². The second-order valence-electron chi connectivity index (χ2n) is 3.45. The number of nitrogens with one attached hydrogen (secondary N) is 1. The predicted molar refractivity (Wildman–Crippen MR) is 65.2 cm³/mol. The van der Waals surface area contributed by atoms with E-state index in [0.717, 1.165) is 22.3 Å². The van der Waals surface area contributed by atoms with Crippen molar-refractivity contribution in [3.8, 4) is 0 Å². The Hall–Kier alpha value is -1.89. The smallest absolute Gasteiger partial charge is 0.0696 e. The Morgan fingerprint density at radius 3 is 2.40 bits per heavy atom. The molecule has 0 bridgehead atoms. The van der Waals surface area contributed by atoms with E-state index in [1.807, 2.05) is 37.3 Å². The molecule has 1 aliphatic rings. The van der Waals surface area contributed by atoms with Gasteiger partial charge in [0.2, 0.25) is 0 Å². The molecule has 1 aromatic rings. The average Bonchev–Trinajstić information content (AvgIpc) is 2.54. The van der Waals surface area contributed by atoms with Crippen molar-refractivity contribution in [2.75, 3.05) is 0 Å². The molecule has 2 rings (SSSR count). The lowest BCUT2D eigenvalue weighted by Gasteiger charge is -1.98. The highest BCUT2D eigenvalue weighted by molar-refractivity contribution is 6.24. The van der Waals surface area contributed by atoms with E-state index >= 15 is 0 Å². The zero-order valence-electron chi connectivity index (χ0n) is 8.75. The van der Waals surface area contributed by atoms with Crippen LogP contribution in [-0.4, -0.2) is 5.71 Å².